The van der Waals surface area contributed by atoms with Crippen molar-refractivity contribution in [2.45, 2.75) is 13.3 Å². The van der Waals surface area contributed by atoms with E-state index < -0.39 is 21.9 Å². The number of carbonyl (C=O) groups is 2. The molecule has 0 spiro atoms. The Balaban J connectivity index is 2.39. The molecule has 0 aromatic carbocycles. The Bertz CT molecular complexity index is 409. The molecule has 8 heteroatoms. The quantitative estimate of drug-likeness (QED) is 0.665. The molecule has 1 unspecified atom stereocenters. The molecule has 0 aromatic rings. The molecule has 1 atom stereocenters. The maximum atomic E-state index is 12.4. The van der Waals surface area contributed by atoms with Gasteiger partial charge in [-0.15, -0.1) is 3.89 Å². The number of carbonyl (C=O) groups excluding carboxylic acids is 2. The zero-order valence-corrected chi connectivity index (χ0v) is 10.3. The third-order valence-electron chi connectivity index (χ3n) is 2.49. The standard InChI is InChI=1S/C9H15FN2O4S/c1-7(13)11-2-3-12-5-8(4-9(12)14)6-17(10,15)16/h8H,2-6H2,1H3,(H,11,13). The molecule has 98 valence electrons. The first-order valence-corrected chi connectivity index (χ1v) is 6.78. The zero-order chi connectivity index (χ0) is 13.1. The van der Waals surface area contributed by atoms with Crippen molar-refractivity contribution in [3.8, 4) is 0 Å². The van der Waals surface area contributed by atoms with Crippen molar-refractivity contribution in [2.75, 3.05) is 25.4 Å². The molecule has 1 saturated heterocycles. The van der Waals surface area contributed by atoms with E-state index in [0.29, 0.717) is 13.1 Å². The largest absolute Gasteiger partial charge is 0.355 e. The Morgan fingerprint density at radius 1 is 1.59 bits per heavy atom. The highest BCUT2D eigenvalue weighted by Crippen LogP contribution is 2.19. The summed E-state index contributed by atoms with van der Waals surface area (Å²) in [7, 11) is -4.54. The lowest BCUT2D eigenvalue weighted by molar-refractivity contribution is -0.128. The molecule has 0 aliphatic carbocycles. The van der Waals surface area contributed by atoms with Crippen LogP contribution in [0.25, 0.3) is 0 Å². The highest BCUT2D eigenvalue weighted by Gasteiger charge is 2.32. The van der Waals surface area contributed by atoms with Crippen molar-refractivity contribution in [2.24, 2.45) is 5.92 Å². The average Bonchev–Trinajstić information content (AvgIpc) is 2.42. The van der Waals surface area contributed by atoms with E-state index in [1.807, 2.05) is 0 Å². The summed E-state index contributed by atoms with van der Waals surface area (Å²) < 4.78 is 33.3. The first-order valence-electron chi connectivity index (χ1n) is 5.22. The summed E-state index contributed by atoms with van der Waals surface area (Å²) in [5.74, 6) is -1.51. The first kappa shape index (κ1) is 13.9. The molecule has 1 aliphatic heterocycles. The fraction of sp³-hybridized carbons (Fsp3) is 0.778. The fourth-order valence-corrected chi connectivity index (χ4v) is 2.62. The summed E-state index contributed by atoms with van der Waals surface area (Å²) in [5.41, 5.74) is 0. The lowest BCUT2D eigenvalue weighted by Crippen LogP contribution is -2.35. The van der Waals surface area contributed by atoms with Crippen LogP contribution in [0.5, 0.6) is 0 Å². The van der Waals surface area contributed by atoms with Gasteiger partial charge in [0.05, 0.1) is 5.75 Å². The minimum absolute atomic E-state index is 0.0449. The molecule has 17 heavy (non-hydrogen) atoms. The van der Waals surface area contributed by atoms with Gasteiger partial charge in [0.15, 0.2) is 0 Å². The summed E-state index contributed by atoms with van der Waals surface area (Å²) in [5, 5.41) is 2.53. The zero-order valence-electron chi connectivity index (χ0n) is 9.48. The summed E-state index contributed by atoms with van der Waals surface area (Å²) in [6, 6.07) is 0. The van der Waals surface area contributed by atoms with Gasteiger partial charge in [0, 0.05) is 38.9 Å². The second-order valence-corrected chi connectivity index (χ2v) is 5.51. The van der Waals surface area contributed by atoms with Crippen LogP contribution in [0.1, 0.15) is 13.3 Å². The Morgan fingerprint density at radius 2 is 2.24 bits per heavy atom. The summed E-state index contributed by atoms with van der Waals surface area (Å²) in [6.45, 7) is 2.23. The van der Waals surface area contributed by atoms with Crippen LogP contribution >= 0.6 is 0 Å². The lowest BCUT2D eigenvalue weighted by atomic mass is 10.1. The van der Waals surface area contributed by atoms with E-state index in [1.165, 1.54) is 11.8 Å². The predicted molar refractivity (Wildman–Crippen MR) is 58.3 cm³/mol. The van der Waals surface area contributed by atoms with Gasteiger partial charge in [-0.1, -0.05) is 0 Å². The molecule has 1 N–H and O–H groups in total. The van der Waals surface area contributed by atoms with E-state index in [9.17, 15) is 21.9 Å². The smallest absolute Gasteiger partial charge is 0.302 e. The Hall–Kier alpha value is -1.18. The van der Waals surface area contributed by atoms with Crippen molar-refractivity contribution in [1.82, 2.24) is 10.2 Å². The van der Waals surface area contributed by atoms with Gasteiger partial charge in [-0.3, -0.25) is 9.59 Å². The van der Waals surface area contributed by atoms with Crippen LogP contribution in [0.4, 0.5) is 3.89 Å². The van der Waals surface area contributed by atoms with Gasteiger partial charge in [0.1, 0.15) is 0 Å². The molecular formula is C9H15FN2O4S. The molecule has 1 fully saturated rings. The number of halogens is 1. The molecule has 0 aromatic heterocycles. The maximum Gasteiger partial charge on any atom is 0.302 e. The number of rotatable bonds is 5. The summed E-state index contributed by atoms with van der Waals surface area (Å²) >= 11 is 0. The van der Waals surface area contributed by atoms with Crippen LogP contribution in [0.2, 0.25) is 0 Å². The van der Waals surface area contributed by atoms with Crippen molar-refractivity contribution in [3.05, 3.63) is 0 Å². The van der Waals surface area contributed by atoms with E-state index in [4.69, 9.17) is 0 Å². The van der Waals surface area contributed by atoms with Gasteiger partial charge in [0.2, 0.25) is 11.8 Å². The molecule has 1 rings (SSSR count). The van der Waals surface area contributed by atoms with E-state index in [1.54, 1.807) is 0 Å². The van der Waals surface area contributed by atoms with E-state index in [2.05, 4.69) is 5.32 Å². The van der Waals surface area contributed by atoms with Crippen LogP contribution < -0.4 is 5.32 Å². The van der Waals surface area contributed by atoms with Gasteiger partial charge in [-0.05, 0) is 0 Å². The first-order chi connectivity index (χ1) is 7.78. The number of nitrogens with one attached hydrogen (secondary N) is 1. The fourth-order valence-electron chi connectivity index (χ4n) is 1.83. The number of amides is 2. The van der Waals surface area contributed by atoms with Crippen LogP contribution in [0, 0.1) is 5.92 Å². The van der Waals surface area contributed by atoms with Crippen LogP contribution in [0.3, 0.4) is 0 Å². The second kappa shape index (κ2) is 5.44. The minimum atomic E-state index is -4.54. The van der Waals surface area contributed by atoms with Crippen molar-refractivity contribution in [3.63, 3.8) is 0 Å². The van der Waals surface area contributed by atoms with Crippen molar-refractivity contribution >= 4 is 22.0 Å². The highest BCUT2D eigenvalue weighted by atomic mass is 32.3. The molecule has 1 aliphatic rings. The molecular weight excluding hydrogens is 251 g/mol. The third-order valence-corrected chi connectivity index (χ3v) is 3.35. The Kier molecular flexibility index (Phi) is 4.44. The topological polar surface area (TPSA) is 83.6 Å². The van der Waals surface area contributed by atoms with Gasteiger partial charge < -0.3 is 10.2 Å². The summed E-state index contributed by atoms with van der Waals surface area (Å²) in [4.78, 5) is 23.5. The number of nitrogens with zero attached hydrogens (tertiary/aromatic N) is 1. The van der Waals surface area contributed by atoms with Crippen LogP contribution in [-0.2, 0) is 19.8 Å². The molecule has 0 bridgehead atoms. The van der Waals surface area contributed by atoms with Gasteiger partial charge in [-0.25, -0.2) is 0 Å². The van der Waals surface area contributed by atoms with Crippen LogP contribution in [-0.4, -0.2) is 50.5 Å². The molecule has 2 amide bonds. The SMILES string of the molecule is CC(=O)NCCN1CC(CS(=O)(=O)F)CC1=O. The van der Waals surface area contributed by atoms with Gasteiger partial charge in [0.25, 0.3) is 0 Å². The second-order valence-electron chi connectivity index (χ2n) is 4.10. The van der Waals surface area contributed by atoms with Crippen LogP contribution in [0.15, 0.2) is 0 Å². The van der Waals surface area contributed by atoms with Gasteiger partial charge in [-0.2, -0.15) is 8.42 Å². The number of hydrogen-bond acceptors (Lipinski definition) is 4. The highest BCUT2D eigenvalue weighted by molar-refractivity contribution is 7.86. The van der Waals surface area contributed by atoms with E-state index in [0.717, 1.165) is 0 Å². The van der Waals surface area contributed by atoms with Gasteiger partial charge >= 0.3 is 10.2 Å². The number of likely N-dealkylation sites (tertiary alicyclic amines) is 1. The molecule has 1 heterocycles. The minimum Gasteiger partial charge on any atom is -0.355 e. The third kappa shape index (κ3) is 5.12. The maximum absolute atomic E-state index is 12.4. The normalized spacial score (nSPS) is 20.7. The van der Waals surface area contributed by atoms with Crippen molar-refractivity contribution < 1.29 is 21.9 Å². The molecule has 6 nitrogen and oxygen atoms in total. The molecule has 0 saturated carbocycles. The van der Waals surface area contributed by atoms with E-state index >= 15 is 0 Å². The number of hydrogen-bond donors (Lipinski definition) is 1. The molecule has 0 radical (unpaired) electrons. The average molecular weight is 266 g/mol. The lowest BCUT2D eigenvalue weighted by Gasteiger charge is -2.16. The Morgan fingerprint density at radius 3 is 2.76 bits per heavy atom. The monoisotopic (exact) mass is 266 g/mol. The van der Waals surface area contributed by atoms with E-state index in [-0.39, 0.29) is 24.8 Å². The summed E-state index contributed by atoms with van der Waals surface area (Å²) in [6.07, 6.45) is 0.0449. The van der Waals surface area contributed by atoms with Crippen molar-refractivity contribution in [1.29, 1.82) is 0 Å². The Labute approximate surface area is 99.4 Å². The predicted octanol–water partition coefficient (Wildman–Crippen LogP) is -0.730.